The number of rotatable bonds is 4. The van der Waals surface area contributed by atoms with Crippen LogP contribution in [-0.2, 0) is 4.79 Å². The number of likely N-dealkylation sites (tertiary alicyclic amines) is 1. The molecule has 1 saturated heterocycles. The van der Waals surface area contributed by atoms with Gasteiger partial charge in [0.2, 0.25) is 17.6 Å². The average molecular weight is 326 g/mol. The van der Waals surface area contributed by atoms with Crippen molar-refractivity contribution in [1.82, 2.24) is 20.0 Å². The van der Waals surface area contributed by atoms with Crippen LogP contribution in [-0.4, -0.2) is 39.0 Å². The maximum Gasteiger partial charge on any atom is 0.231 e. The number of amides is 1. The molecule has 0 bridgehead atoms. The first kappa shape index (κ1) is 15.3. The molecule has 6 nitrogen and oxygen atoms in total. The number of hydrogen-bond acceptors (Lipinski definition) is 5. The van der Waals surface area contributed by atoms with Crippen molar-refractivity contribution >= 4 is 5.91 Å². The molecule has 2 aromatic heterocycles. The van der Waals surface area contributed by atoms with Crippen LogP contribution in [0.15, 0.2) is 29.0 Å². The molecule has 1 aliphatic heterocycles. The Kier molecular flexibility index (Phi) is 4.28. The third kappa shape index (κ3) is 3.18. The lowest BCUT2D eigenvalue weighted by Crippen LogP contribution is -2.29. The van der Waals surface area contributed by atoms with Crippen molar-refractivity contribution < 1.29 is 9.32 Å². The van der Waals surface area contributed by atoms with Crippen LogP contribution in [0.5, 0.6) is 0 Å². The molecule has 0 spiro atoms. The average Bonchev–Trinajstić information content (AvgIpc) is 3.36. The van der Waals surface area contributed by atoms with E-state index in [-0.39, 0.29) is 5.92 Å². The molecule has 2 fully saturated rings. The number of carbonyl (C=O) groups is 1. The standard InChI is InChI=1S/C18H22N4O2/c23-16(11-13-3-1-2-4-13)22-10-7-15(12-22)18-20-17(21-24-18)14-5-8-19-9-6-14/h5-6,8-9,13,15H,1-4,7,10-12H2/t15-/m1/s1. The summed E-state index contributed by atoms with van der Waals surface area (Å²) >= 11 is 0. The highest BCUT2D eigenvalue weighted by Gasteiger charge is 2.32. The van der Waals surface area contributed by atoms with Gasteiger partial charge >= 0.3 is 0 Å². The van der Waals surface area contributed by atoms with Gasteiger partial charge in [-0.05, 0) is 37.3 Å². The predicted molar refractivity (Wildman–Crippen MR) is 88.0 cm³/mol. The first-order valence-electron chi connectivity index (χ1n) is 8.81. The van der Waals surface area contributed by atoms with E-state index in [1.54, 1.807) is 12.4 Å². The van der Waals surface area contributed by atoms with E-state index >= 15 is 0 Å². The Morgan fingerprint density at radius 1 is 1.21 bits per heavy atom. The Morgan fingerprint density at radius 3 is 2.79 bits per heavy atom. The van der Waals surface area contributed by atoms with Gasteiger partial charge in [0.15, 0.2) is 0 Å². The molecule has 1 aliphatic carbocycles. The SMILES string of the molecule is O=C(CC1CCCC1)N1CC[C@@H](c2nc(-c3ccncc3)no2)C1. The normalized spacial score (nSPS) is 21.5. The largest absolute Gasteiger partial charge is 0.342 e. The van der Waals surface area contributed by atoms with Crippen molar-refractivity contribution in [2.75, 3.05) is 13.1 Å². The molecule has 1 atom stereocenters. The highest BCUT2D eigenvalue weighted by Crippen LogP contribution is 2.31. The summed E-state index contributed by atoms with van der Waals surface area (Å²) in [5.41, 5.74) is 0.896. The summed E-state index contributed by atoms with van der Waals surface area (Å²) in [5.74, 6) is 2.26. The molecule has 2 aromatic rings. The van der Waals surface area contributed by atoms with Gasteiger partial charge < -0.3 is 9.42 Å². The molecule has 1 saturated carbocycles. The number of hydrogen-bond donors (Lipinski definition) is 0. The Morgan fingerprint density at radius 2 is 2.00 bits per heavy atom. The van der Waals surface area contributed by atoms with Crippen LogP contribution in [0.4, 0.5) is 0 Å². The van der Waals surface area contributed by atoms with E-state index in [0.29, 0.717) is 36.5 Å². The summed E-state index contributed by atoms with van der Waals surface area (Å²) in [4.78, 5) is 22.9. The highest BCUT2D eigenvalue weighted by molar-refractivity contribution is 5.76. The number of nitrogens with zero attached hydrogens (tertiary/aromatic N) is 4. The minimum absolute atomic E-state index is 0.153. The summed E-state index contributed by atoms with van der Waals surface area (Å²) in [5, 5.41) is 4.07. The topological polar surface area (TPSA) is 72.1 Å². The van der Waals surface area contributed by atoms with E-state index in [1.807, 2.05) is 17.0 Å². The lowest BCUT2D eigenvalue weighted by molar-refractivity contribution is -0.131. The van der Waals surface area contributed by atoms with Gasteiger partial charge in [-0.25, -0.2) is 0 Å². The van der Waals surface area contributed by atoms with Crippen molar-refractivity contribution in [3.8, 4) is 11.4 Å². The Bertz CT molecular complexity index is 694. The molecular weight excluding hydrogens is 304 g/mol. The molecule has 3 heterocycles. The van der Waals surface area contributed by atoms with Gasteiger partial charge in [-0.3, -0.25) is 9.78 Å². The van der Waals surface area contributed by atoms with Crippen LogP contribution < -0.4 is 0 Å². The van der Waals surface area contributed by atoms with E-state index in [1.165, 1.54) is 25.7 Å². The second-order valence-corrected chi connectivity index (χ2v) is 6.87. The molecule has 4 rings (SSSR count). The molecule has 126 valence electrons. The van der Waals surface area contributed by atoms with Crippen molar-refractivity contribution in [1.29, 1.82) is 0 Å². The third-order valence-corrected chi connectivity index (χ3v) is 5.21. The fraction of sp³-hybridized carbons (Fsp3) is 0.556. The fourth-order valence-electron chi connectivity index (χ4n) is 3.80. The van der Waals surface area contributed by atoms with Gasteiger partial charge in [0.25, 0.3) is 0 Å². The molecule has 24 heavy (non-hydrogen) atoms. The Labute approximate surface area is 141 Å². The van der Waals surface area contributed by atoms with Crippen LogP contribution in [0.25, 0.3) is 11.4 Å². The lowest BCUT2D eigenvalue weighted by Gasteiger charge is -2.18. The molecule has 1 amide bonds. The van der Waals surface area contributed by atoms with Crippen LogP contribution in [0.1, 0.15) is 50.3 Å². The zero-order chi connectivity index (χ0) is 16.4. The van der Waals surface area contributed by atoms with Gasteiger partial charge in [0.05, 0.1) is 5.92 Å². The number of carbonyl (C=O) groups excluding carboxylic acids is 1. The summed E-state index contributed by atoms with van der Waals surface area (Å²) in [6.07, 6.45) is 10.0. The van der Waals surface area contributed by atoms with Crippen LogP contribution in [0.2, 0.25) is 0 Å². The minimum atomic E-state index is 0.153. The first-order chi connectivity index (χ1) is 11.8. The van der Waals surface area contributed by atoms with Crippen molar-refractivity contribution in [3.63, 3.8) is 0 Å². The van der Waals surface area contributed by atoms with Crippen molar-refractivity contribution in [2.45, 2.75) is 44.4 Å². The molecule has 0 unspecified atom stereocenters. The van der Waals surface area contributed by atoms with E-state index in [0.717, 1.165) is 18.5 Å². The Balaban J connectivity index is 1.38. The van der Waals surface area contributed by atoms with Crippen LogP contribution in [0, 0.1) is 5.92 Å². The molecule has 6 heteroatoms. The summed E-state index contributed by atoms with van der Waals surface area (Å²) < 4.78 is 5.45. The lowest BCUT2D eigenvalue weighted by atomic mass is 10.0. The van der Waals surface area contributed by atoms with Gasteiger partial charge in [-0.15, -0.1) is 0 Å². The van der Waals surface area contributed by atoms with E-state index < -0.39 is 0 Å². The minimum Gasteiger partial charge on any atom is -0.342 e. The Hall–Kier alpha value is -2.24. The third-order valence-electron chi connectivity index (χ3n) is 5.21. The molecule has 0 N–H and O–H groups in total. The first-order valence-corrected chi connectivity index (χ1v) is 8.81. The zero-order valence-electron chi connectivity index (χ0n) is 13.7. The van der Waals surface area contributed by atoms with Gasteiger partial charge in [-0.1, -0.05) is 18.0 Å². The van der Waals surface area contributed by atoms with Crippen molar-refractivity contribution in [3.05, 3.63) is 30.4 Å². The maximum absolute atomic E-state index is 12.5. The summed E-state index contributed by atoms with van der Waals surface area (Å²) in [7, 11) is 0. The molecular formula is C18H22N4O2. The molecule has 2 aliphatic rings. The predicted octanol–water partition coefficient (Wildman–Crippen LogP) is 3.03. The maximum atomic E-state index is 12.5. The van der Waals surface area contributed by atoms with E-state index in [9.17, 15) is 4.79 Å². The van der Waals surface area contributed by atoms with E-state index in [2.05, 4.69) is 15.1 Å². The number of aromatic nitrogens is 3. The summed E-state index contributed by atoms with van der Waals surface area (Å²) in [6, 6.07) is 3.72. The molecule has 0 radical (unpaired) electrons. The van der Waals surface area contributed by atoms with E-state index in [4.69, 9.17) is 4.52 Å². The second kappa shape index (κ2) is 6.71. The van der Waals surface area contributed by atoms with Crippen LogP contribution >= 0.6 is 0 Å². The zero-order valence-corrected chi connectivity index (χ0v) is 13.7. The monoisotopic (exact) mass is 326 g/mol. The number of pyridine rings is 1. The summed E-state index contributed by atoms with van der Waals surface area (Å²) in [6.45, 7) is 1.49. The molecule has 0 aromatic carbocycles. The second-order valence-electron chi connectivity index (χ2n) is 6.87. The van der Waals surface area contributed by atoms with Gasteiger partial charge in [-0.2, -0.15) is 4.98 Å². The van der Waals surface area contributed by atoms with Gasteiger partial charge in [0, 0.05) is 37.5 Å². The van der Waals surface area contributed by atoms with Crippen LogP contribution in [0.3, 0.4) is 0 Å². The van der Waals surface area contributed by atoms with Crippen molar-refractivity contribution in [2.24, 2.45) is 5.92 Å². The smallest absolute Gasteiger partial charge is 0.231 e. The highest BCUT2D eigenvalue weighted by atomic mass is 16.5. The quantitative estimate of drug-likeness (QED) is 0.863. The van der Waals surface area contributed by atoms with Gasteiger partial charge in [0.1, 0.15) is 0 Å². The fourth-order valence-corrected chi connectivity index (χ4v) is 3.80.